The summed E-state index contributed by atoms with van der Waals surface area (Å²) < 4.78 is 5.28. The molecule has 8 heteroatoms. The summed E-state index contributed by atoms with van der Waals surface area (Å²) in [5.41, 5.74) is 6.77. The molecule has 0 aromatic heterocycles. The van der Waals surface area contributed by atoms with Gasteiger partial charge >= 0.3 is 12.1 Å². The van der Waals surface area contributed by atoms with Crippen molar-refractivity contribution >= 4 is 18.0 Å². The lowest BCUT2D eigenvalue weighted by Crippen LogP contribution is -2.52. The maximum absolute atomic E-state index is 13.3. The summed E-state index contributed by atoms with van der Waals surface area (Å²) in [6.07, 6.45) is 26.0. The highest BCUT2D eigenvalue weighted by molar-refractivity contribution is 5.86. The van der Waals surface area contributed by atoms with E-state index in [1.807, 2.05) is 30.3 Å². The summed E-state index contributed by atoms with van der Waals surface area (Å²) in [5, 5.41) is 5.86. The third-order valence-corrected chi connectivity index (χ3v) is 8.93. The quantitative estimate of drug-likeness (QED) is 0.0689. The number of hydrogen-bond donors (Lipinski definition) is 3. The zero-order valence-corrected chi connectivity index (χ0v) is 30.2. The van der Waals surface area contributed by atoms with Crippen molar-refractivity contribution in [3.8, 4) is 0 Å². The van der Waals surface area contributed by atoms with Crippen molar-refractivity contribution in [1.82, 2.24) is 15.5 Å². The van der Waals surface area contributed by atoms with Crippen LogP contribution in [0.3, 0.4) is 0 Å². The average Bonchev–Trinajstić information content (AvgIpc) is 3.07. The molecule has 270 valence electrons. The van der Waals surface area contributed by atoms with Crippen molar-refractivity contribution in [1.29, 1.82) is 0 Å². The second-order valence-corrected chi connectivity index (χ2v) is 13.2. The SMILES string of the molecule is CCCCCCCCCCCCCCCCN(C(N)=O)[C@@H](CCCCNC(=O)OCc1ccccc1)C(=O)NCCCCCCCC. The summed E-state index contributed by atoms with van der Waals surface area (Å²) in [6.45, 7) is 6.24. The maximum Gasteiger partial charge on any atom is 0.407 e. The Morgan fingerprint density at radius 3 is 1.64 bits per heavy atom. The number of hydrogen-bond acceptors (Lipinski definition) is 4. The summed E-state index contributed by atoms with van der Waals surface area (Å²) in [5.74, 6) is -0.127. The topological polar surface area (TPSA) is 114 Å². The number of benzene rings is 1. The highest BCUT2D eigenvalue weighted by atomic mass is 16.5. The molecule has 0 heterocycles. The van der Waals surface area contributed by atoms with Gasteiger partial charge in [-0.3, -0.25) is 4.79 Å². The number of nitrogens with one attached hydrogen (secondary N) is 2. The molecule has 1 rings (SSSR count). The van der Waals surface area contributed by atoms with Gasteiger partial charge in [0.2, 0.25) is 5.91 Å². The highest BCUT2D eigenvalue weighted by Gasteiger charge is 2.27. The van der Waals surface area contributed by atoms with E-state index < -0.39 is 18.2 Å². The minimum absolute atomic E-state index is 0.127. The molecule has 8 nitrogen and oxygen atoms in total. The van der Waals surface area contributed by atoms with Crippen molar-refractivity contribution in [2.75, 3.05) is 19.6 Å². The van der Waals surface area contributed by atoms with Crippen molar-refractivity contribution in [2.24, 2.45) is 5.73 Å². The molecule has 4 N–H and O–H groups in total. The van der Waals surface area contributed by atoms with Crippen LogP contribution in [0, 0.1) is 0 Å². The second kappa shape index (κ2) is 30.6. The number of carbonyl (C=O) groups is 3. The van der Waals surface area contributed by atoms with Gasteiger partial charge in [-0.1, -0.05) is 160 Å². The number of primary amides is 1. The first-order valence-electron chi connectivity index (χ1n) is 19.3. The summed E-state index contributed by atoms with van der Waals surface area (Å²) >= 11 is 0. The van der Waals surface area contributed by atoms with E-state index in [0.717, 1.165) is 37.7 Å². The van der Waals surface area contributed by atoms with Crippen LogP contribution >= 0.6 is 0 Å². The van der Waals surface area contributed by atoms with E-state index in [2.05, 4.69) is 24.5 Å². The predicted octanol–water partition coefficient (Wildman–Crippen LogP) is 9.79. The number of amides is 4. The van der Waals surface area contributed by atoms with Gasteiger partial charge in [-0.05, 0) is 37.7 Å². The largest absolute Gasteiger partial charge is 0.445 e. The smallest absolute Gasteiger partial charge is 0.407 e. The molecule has 0 spiro atoms. The lowest BCUT2D eigenvalue weighted by molar-refractivity contribution is -0.125. The Hall–Kier alpha value is -2.77. The molecule has 0 saturated carbocycles. The minimum Gasteiger partial charge on any atom is -0.445 e. The number of urea groups is 1. The Labute approximate surface area is 287 Å². The van der Waals surface area contributed by atoms with Crippen LogP contribution in [-0.2, 0) is 16.1 Å². The van der Waals surface area contributed by atoms with Gasteiger partial charge in [0.15, 0.2) is 0 Å². The van der Waals surface area contributed by atoms with Crippen LogP contribution < -0.4 is 16.4 Å². The molecule has 1 aromatic carbocycles. The number of nitrogens with two attached hydrogens (primary N) is 1. The van der Waals surface area contributed by atoms with E-state index in [0.29, 0.717) is 38.9 Å². The van der Waals surface area contributed by atoms with E-state index in [4.69, 9.17) is 10.5 Å². The number of alkyl carbamates (subject to hydrolysis) is 1. The van der Waals surface area contributed by atoms with Gasteiger partial charge < -0.3 is 26.0 Å². The highest BCUT2D eigenvalue weighted by Crippen LogP contribution is 2.15. The Morgan fingerprint density at radius 2 is 1.11 bits per heavy atom. The van der Waals surface area contributed by atoms with E-state index >= 15 is 0 Å². The van der Waals surface area contributed by atoms with Gasteiger partial charge in [0, 0.05) is 19.6 Å². The van der Waals surface area contributed by atoms with Gasteiger partial charge in [-0.2, -0.15) is 0 Å². The van der Waals surface area contributed by atoms with Crippen LogP contribution in [0.2, 0.25) is 0 Å². The van der Waals surface area contributed by atoms with E-state index in [1.165, 1.54) is 96.3 Å². The molecule has 1 atom stereocenters. The average molecular weight is 659 g/mol. The Balaban J connectivity index is 2.42. The third kappa shape index (κ3) is 24.1. The predicted molar refractivity (Wildman–Crippen MR) is 195 cm³/mol. The lowest BCUT2D eigenvalue weighted by Gasteiger charge is -2.30. The Morgan fingerprint density at radius 1 is 0.638 bits per heavy atom. The van der Waals surface area contributed by atoms with Crippen LogP contribution in [0.4, 0.5) is 9.59 Å². The number of unbranched alkanes of at least 4 members (excludes halogenated alkanes) is 19. The molecule has 0 fully saturated rings. The maximum atomic E-state index is 13.3. The normalized spacial score (nSPS) is 11.6. The molecule has 4 amide bonds. The Bertz CT molecular complexity index is 898. The van der Waals surface area contributed by atoms with E-state index in [9.17, 15) is 14.4 Å². The van der Waals surface area contributed by atoms with Crippen LogP contribution in [0.15, 0.2) is 30.3 Å². The summed E-state index contributed by atoms with van der Waals surface area (Å²) in [7, 11) is 0. The number of nitrogens with zero attached hydrogens (tertiary/aromatic N) is 1. The number of ether oxygens (including phenoxy) is 1. The Kier molecular flexibility index (Phi) is 27.5. The van der Waals surface area contributed by atoms with Gasteiger partial charge in [0.1, 0.15) is 12.6 Å². The van der Waals surface area contributed by atoms with Crippen LogP contribution in [0.25, 0.3) is 0 Å². The van der Waals surface area contributed by atoms with Gasteiger partial charge in [0.25, 0.3) is 0 Å². The van der Waals surface area contributed by atoms with Gasteiger partial charge in [-0.15, -0.1) is 0 Å². The van der Waals surface area contributed by atoms with E-state index in [1.54, 1.807) is 4.90 Å². The fraction of sp³-hybridized carbons (Fsp3) is 0.769. The molecule has 0 aliphatic carbocycles. The first kappa shape index (κ1) is 42.3. The molecule has 0 aliphatic rings. The van der Waals surface area contributed by atoms with E-state index in [-0.39, 0.29) is 12.5 Å². The van der Waals surface area contributed by atoms with Crippen LogP contribution in [0.5, 0.6) is 0 Å². The molecule has 0 unspecified atom stereocenters. The number of rotatable bonds is 31. The molecule has 0 saturated heterocycles. The fourth-order valence-electron chi connectivity index (χ4n) is 5.99. The zero-order chi connectivity index (χ0) is 34.2. The zero-order valence-electron chi connectivity index (χ0n) is 30.2. The summed E-state index contributed by atoms with van der Waals surface area (Å²) in [6, 6.07) is 8.42. The molecule has 1 aromatic rings. The first-order valence-corrected chi connectivity index (χ1v) is 19.3. The molecule has 0 bridgehead atoms. The number of carbonyl (C=O) groups excluding carboxylic acids is 3. The van der Waals surface area contributed by atoms with Crippen molar-refractivity contribution in [3.63, 3.8) is 0 Å². The molecule has 47 heavy (non-hydrogen) atoms. The molecule has 0 radical (unpaired) electrons. The third-order valence-electron chi connectivity index (χ3n) is 8.93. The minimum atomic E-state index is -0.598. The molecular formula is C39H70N4O4. The fourth-order valence-corrected chi connectivity index (χ4v) is 5.99. The lowest BCUT2D eigenvalue weighted by atomic mass is 10.0. The van der Waals surface area contributed by atoms with Gasteiger partial charge in [0.05, 0.1) is 0 Å². The van der Waals surface area contributed by atoms with Gasteiger partial charge in [-0.25, -0.2) is 9.59 Å². The van der Waals surface area contributed by atoms with Crippen molar-refractivity contribution in [3.05, 3.63) is 35.9 Å². The standard InChI is InChI=1S/C39H70N4O4/c1-3-5-7-9-11-12-13-14-15-16-17-18-20-27-33-43(38(40)45)36(37(44)41-31-25-19-10-8-6-4-2)30-24-26-32-42-39(46)47-34-35-28-22-21-23-29-35/h21-23,28-29,36H,3-20,24-27,30-34H2,1-2H3,(H2,40,45)(H,41,44)(H,42,46)/t36-/m0/s1. The van der Waals surface area contributed by atoms with Crippen molar-refractivity contribution < 1.29 is 19.1 Å². The second-order valence-electron chi connectivity index (χ2n) is 13.2. The monoisotopic (exact) mass is 659 g/mol. The first-order chi connectivity index (χ1) is 23.0. The van der Waals surface area contributed by atoms with Crippen LogP contribution in [-0.4, -0.2) is 48.6 Å². The van der Waals surface area contributed by atoms with Crippen molar-refractivity contribution in [2.45, 2.75) is 174 Å². The summed E-state index contributed by atoms with van der Waals surface area (Å²) in [4.78, 5) is 39.5. The molecular weight excluding hydrogens is 588 g/mol. The van der Waals surface area contributed by atoms with Crippen LogP contribution in [0.1, 0.15) is 167 Å². The molecule has 0 aliphatic heterocycles.